The topological polar surface area (TPSA) is 49.3 Å². The number of hydrogen-bond donors (Lipinski definition) is 0. The molecule has 0 saturated carbocycles. The first kappa shape index (κ1) is 16.2. The van der Waals surface area contributed by atoms with Crippen LogP contribution in [0.4, 0.5) is 5.13 Å². The zero-order chi connectivity index (χ0) is 15.6. The van der Waals surface area contributed by atoms with Gasteiger partial charge in [-0.3, -0.25) is 4.79 Å². The Morgan fingerprint density at radius 2 is 1.86 bits per heavy atom. The third-order valence-electron chi connectivity index (χ3n) is 3.62. The van der Waals surface area contributed by atoms with E-state index in [0.29, 0.717) is 5.92 Å². The number of carbonyl (C=O) groups is 1. The molecule has 0 unspecified atom stereocenters. The molecule has 1 aromatic heterocycles. The molecule has 1 aromatic rings. The van der Waals surface area contributed by atoms with E-state index >= 15 is 0 Å². The number of amides is 1. The SMILES string of the molecule is CC(C)c1nnc(N2CCCN(C(=O)C(C)(C)C)CC2)s1. The molecule has 2 rings (SSSR count). The van der Waals surface area contributed by atoms with Gasteiger partial charge in [-0.15, -0.1) is 10.2 Å². The highest BCUT2D eigenvalue weighted by Crippen LogP contribution is 2.27. The van der Waals surface area contributed by atoms with Crippen LogP contribution in [0.5, 0.6) is 0 Å². The molecule has 0 aliphatic carbocycles. The molecule has 21 heavy (non-hydrogen) atoms. The molecule has 0 aromatic carbocycles. The molecular weight excluding hydrogens is 284 g/mol. The lowest BCUT2D eigenvalue weighted by atomic mass is 9.94. The van der Waals surface area contributed by atoms with Crippen molar-refractivity contribution in [1.82, 2.24) is 15.1 Å². The predicted molar refractivity (Wildman–Crippen MR) is 86.9 cm³/mol. The minimum atomic E-state index is -0.303. The third-order valence-corrected chi connectivity index (χ3v) is 4.90. The molecule has 5 nitrogen and oxygen atoms in total. The summed E-state index contributed by atoms with van der Waals surface area (Å²) in [7, 11) is 0. The number of rotatable bonds is 2. The first-order valence-corrected chi connectivity index (χ1v) is 8.48. The summed E-state index contributed by atoms with van der Waals surface area (Å²) in [5, 5.41) is 10.6. The van der Waals surface area contributed by atoms with Gasteiger partial charge in [0.2, 0.25) is 11.0 Å². The summed E-state index contributed by atoms with van der Waals surface area (Å²) in [4.78, 5) is 16.6. The van der Waals surface area contributed by atoms with Crippen molar-refractivity contribution in [3.05, 3.63) is 5.01 Å². The van der Waals surface area contributed by atoms with E-state index in [0.717, 1.165) is 42.7 Å². The van der Waals surface area contributed by atoms with Gasteiger partial charge < -0.3 is 9.80 Å². The van der Waals surface area contributed by atoms with Crippen LogP contribution < -0.4 is 4.90 Å². The number of hydrogen-bond acceptors (Lipinski definition) is 5. The maximum absolute atomic E-state index is 12.4. The highest BCUT2D eigenvalue weighted by Gasteiger charge is 2.29. The predicted octanol–water partition coefficient (Wildman–Crippen LogP) is 2.75. The molecule has 1 saturated heterocycles. The summed E-state index contributed by atoms with van der Waals surface area (Å²) in [6.07, 6.45) is 0.985. The van der Waals surface area contributed by atoms with Crippen molar-refractivity contribution in [3.63, 3.8) is 0 Å². The van der Waals surface area contributed by atoms with Crippen LogP contribution in [0.3, 0.4) is 0 Å². The van der Waals surface area contributed by atoms with E-state index in [4.69, 9.17) is 0 Å². The number of carbonyl (C=O) groups excluding carboxylic acids is 1. The Hall–Kier alpha value is -1.17. The lowest BCUT2D eigenvalue weighted by Gasteiger charge is -2.28. The van der Waals surface area contributed by atoms with Gasteiger partial charge in [-0.2, -0.15) is 0 Å². The second kappa shape index (κ2) is 6.30. The molecule has 0 spiro atoms. The van der Waals surface area contributed by atoms with E-state index < -0.39 is 0 Å². The average Bonchev–Trinajstić information content (AvgIpc) is 2.76. The molecule has 1 aliphatic rings. The summed E-state index contributed by atoms with van der Waals surface area (Å²) in [5.41, 5.74) is -0.303. The Kier molecular flexibility index (Phi) is 4.86. The molecule has 0 bridgehead atoms. The molecule has 6 heteroatoms. The van der Waals surface area contributed by atoms with Gasteiger partial charge in [0, 0.05) is 37.5 Å². The normalized spacial score (nSPS) is 17.2. The second-order valence-electron chi connectivity index (χ2n) is 6.96. The van der Waals surface area contributed by atoms with Gasteiger partial charge in [0.25, 0.3) is 0 Å². The van der Waals surface area contributed by atoms with Gasteiger partial charge in [-0.1, -0.05) is 46.0 Å². The van der Waals surface area contributed by atoms with Crippen LogP contribution in [-0.4, -0.2) is 47.2 Å². The summed E-state index contributed by atoms with van der Waals surface area (Å²) in [5.74, 6) is 0.659. The van der Waals surface area contributed by atoms with Crippen molar-refractivity contribution >= 4 is 22.4 Å². The monoisotopic (exact) mass is 310 g/mol. The van der Waals surface area contributed by atoms with E-state index in [1.807, 2.05) is 25.7 Å². The maximum Gasteiger partial charge on any atom is 0.228 e. The van der Waals surface area contributed by atoms with Gasteiger partial charge >= 0.3 is 0 Å². The lowest BCUT2D eigenvalue weighted by Crippen LogP contribution is -2.41. The molecule has 0 radical (unpaired) electrons. The second-order valence-corrected chi connectivity index (χ2v) is 7.95. The fourth-order valence-electron chi connectivity index (χ4n) is 2.37. The molecule has 1 amide bonds. The van der Waals surface area contributed by atoms with Crippen LogP contribution >= 0.6 is 11.3 Å². The highest BCUT2D eigenvalue weighted by atomic mass is 32.1. The standard InChI is InChI=1S/C15H26N4OS/c1-11(2)12-16-17-14(21-12)19-8-6-7-18(9-10-19)13(20)15(3,4)5/h11H,6-10H2,1-5H3. The first-order valence-electron chi connectivity index (χ1n) is 7.67. The molecule has 2 heterocycles. The van der Waals surface area contributed by atoms with E-state index in [9.17, 15) is 4.79 Å². The van der Waals surface area contributed by atoms with Crippen molar-refractivity contribution in [1.29, 1.82) is 0 Å². The van der Waals surface area contributed by atoms with E-state index in [1.165, 1.54) is 0 Å². The van der Waals surface area contributed by atoms with Crippen LogP contribution in [0.25, 0.3) is 0 Å². The van der Waals surface area contributed by atoms with E-state index in [1.54, 1.807) is 11.3 Å². The molecule has 0 N–H and O–H groups in total. The Morgan fingerprint density at radius 1 is 1.14 bits per heavy atom. The van der Waals surface area contributed by atoms with Crippen molar-refractivity contribution in [2.24, 2.45) is 5.41 Å². The summed E-state index contributed by atoms with van der Waals surface area (Å²) >= 11 is 1.67. The quantitative estimate of drug-likeness (QED) is 0.843. The Balaban J connectivity index is 2.02. The number of nitrogens with zero attached hydrogens (tertiary/aromatic N) is 4. The fraction of sp³-hybridized carbons (Fsp3) is 0.800. The maximum atomic E-state index is 12.4. The van der Waals surface area contributed by atoms with Crippen molar-refractivity contribution in [3.8, 4) is 0 Å². The first-order chi connectivity index (χ1) is 9.79. The van der Waals surface area contributed by atoms with E-state index in [-0.39, 0.29) is 11.3 Å². The Labute approximate surface area is 131 Å². The van der Waals surface area contributed by atoms with Crippen LogP contribution in [0, 0.1) is 5.41 Å². The summed E-state index contributed by atoms with van der Waals surface area (Å²) in [6, 6.07) is 0. The van der Waals surface area contributed by atoms with Crippen LogP contribution in [0.2, 0.25) is 0 Å². The zero-order valence-electron chi connectivity index (χ0n) is 13.7. The van der Waals surface area contributed by atoms with Gasteiger partial charge in [0.05, 0.1) is 0 Å². The number of anilines is 1. The van der Waals surface area contributed by atoms with Crippen molar-refractivity contribution in [2.45, 2.75) is 47.0 Å². The minimum Gasteiger partial charge on any atom is -0.345 e. The third kappa shape index (κ3) is 3.93. The molecule has 1 fully saturated rings. The Bertz CT molecular complexity index is 492. The molecule has 0 atom stereocenters. The zero-order valence-corrected chi connectivity index (χ0v) is 14.5. The molecule has 118 valence electrons. The van der Waals surface area contributed by atoms with Gasteiger partial charge in [-0.25, -0.2) is 0 Å². The minimum absolute atomic E-state index is 0.240. The summed E-state index contributed by atoms with van der Waals surface area (Å²) < 4.78 is 0. The highest BCUT2D eigenvalue weighted by molar-refractivity contribution is 7.15. The average molecular weight is 310 g/mol. The van der Waals surface area contributed by atoms with Crippen LogP contribution in [-0.2, 0) is 4.79 Å². The number of aromatic nitrogens is 2. The van der Waals surface area contributed by atoms with Gasteiger partial charge in [0.1, 0.15) is 5.01 Å². The van der Waals surface area contributed by atoms with Crippen molar-refractivity contribution in [2.75, 3.05) is 31.1 Å². The molecular formula is C15H26N4OS. The largest absolute Gasteiger partial charge is 0.345 e. The van der Waals surface area contributed by atoms with E-state index in [2.05, 4.69) is 28.9 Å². The van der Waals surface area contributed by atoms with Crippen LogP contribution in [0.1, 0.15) is 52.0 Å². The molecule has 1 aliphatic heterocycles. The smallest absolute Gasteiger partial charge is 0.228 e. The fourth-order valence-corrected chi connectivity index (χ4v) is 3.27. The van der Waals surface area contributed by atoms with Crippen LogP contribution in [0.15, 0.2) is 0 Å². The lowest BCUT2D eigenvalue weighted by molar-refractivity contribution is -0.139. The van der Waals surface area contributed by atoms with Gasteiger partial charge in [-0.05, 0) is 6.42 Å². The van der Waals surface area contributed by atoms with Crippen molar-refractivity contribution < 1.29 is 4.79 Å². The van der Waals surface area contributed by atoms with Gasteiger partial charge in [0.15, 0.2) is 0 Å². The summed E-state index contributed by atoms with van der Waals surface area (Å²) in [6.45, 7) is 13.6. The Morgan fingerprint density at radius 3 is 2.43 bits per heavy atom.